The standard InChI is InChI=1S/C20H26N6O2.ClH/c1-11(2)26-20(22-13(4)24-26)16-10-25-6-7-28-18-9-17(27-5)14(12(3)21)8-15(18)19(25)23-16;/h8-12H,6-7,21H2,1-5H3;1H/t12-;/m1./s1. The molecule has 1 atom stereocenters. The van der Waals surface area contributed by atoms with Gasteiger partial charge in [-0.1, -0.05) is 0 Å². The van der Waals surface area contributed by atoms with E-state index in [4.69, 9.17) is 20.2 Å². The summed E-state index contributed by atoms with van der Waals surface area (Å²) in [7, 11) is 1.64. The minimum atomic E-state index is -0.168. The van der Waals surface area contributed by atoms with Gasteiger partial charge in [0.15, 0.2) is 5.82 Å². The van der Waals surface area contributed by atoms with Crippen molar-refractivity contribution in [3.8, 4) is 34.4 Å². The number of fused-ring (bicyclic) bond motifs is 3. The van der Waals surface area contributed by atoms with Crippen molar-refractivity contribution in [2.75, 3.05) is 13.7 Å². The predicted molar refractivity (Wildman–Crippen MR) is 114 cm³/mol. The number of nitrogens with two attached hydrogens (primary N) is 1. The van der Waals surface area contributed by atoms with Gasteiger partial charge in [0.05, 0.1) is 19.2 Å². The molecular formula is C20H27ClN6O2. The molecule has 0 aliphatic carbocycles. The number of aromatic nitrogens is 5. The maximum Gasteiger partial charge on any atom is 0.178 e. The van der Waals surface area contributed by atoms with Crippen molar-refractivity contribution in [1.82, 2.24) is 24.3 Å². The summed E-state index contributed by atoms with van der Waals surface area (Å²) < 4.78 is 15.5. The lowest BCUT2D eigenvalue weighted by Gasteiger charge is -2.16. The highest BCUT2D eigenvalue weighted by Gasteiger charge is 2.24. The second kappa shape index (κ2) is 8.04. The minimum absolute atomic E-state index is 0. The summed E-state index contributed by atoms with van der Waals surface area (Å²) in [4.78, 5) is 9.52. The van der Waals surface area contributed by atoms with Gasteiger partial charge in [-0.05, 0) is 33.8 Å². The van der Waals surface area contributed by atoms with Gasteiger partial charge < -0.3 is 19.8 Å². The van der Waals surface area contributed by atoms with Crippen LogP contribution in [0.2, 0.25) is 0 Å². The highest BCUT2D eigenvalue weighted by Crippen LogP contribution is 2.39. The van der Waals surface area contributed by atoms with Crippen LogP contribution in [-0.4, -0.2) is 38.0 Å². The highest BCUT2D eigenvalue weighted by atomic mass is 35.5. The Balaban J connectivity index is 0.00000240. The molecule has 0 bridgehead atoms. The van der Waals surface area contributed by atoms with Crippen LogP contribution in [0.15, 0.2) is 18.3 Å². The average molecular weight is 419 g/mol. The fourth-order valence-electron chi connectivity index (χ4n) is 3.53. The molecule has 0 spiro atoms. The van der Waals surface area contributed by atoms with Gasteiger partial charge in [-0.2, -0.15) is 5.10 Å². The monoisotopic (exact) mass is 418 g/mol. The fraction of sp³-hybridized carbons (Fsp3) is 0.450. The zero-order valence-electron chi connectivity index (χ0n) is 17.3. The Morgan fingerprint density at radius 1 is 1.17 bits per heavy atom. The number of methoxy groups -OCH3 is 1. The number of aryl methyl sites for hydroxylation is 1. The molecule has 4 rings (SSSR count). The Morgan fingerprint density at radius 2 is 1.93 bits per heavy atom. The first-order valence-corrected chi connectivity index (χ1v) is 9.50. The van der Waals surface area contributed by atoms with Gasteiger partial charge in [-0.25, -0.2) is 14.6 Å². The van der Waals surface area contributed by atoms with Crippen molar-refractivity contribution in [1.29, 1.82) is 0 Å². The molecule has 0 saturated heterocycles. The Morgan fingerprint density at radius 3 is 2.59 bits per heavy atom. The molecule has 0 fully saturated rings. The van der Waals surface area contributed by atoms with E-state index in [1.807, 2.05) is 36.9 Å². The Kier molecular flexibility index (Phi) is 5.86. The van der Waals surface area contributed by atoms with Crippen LogP contribution in [0.5, 0.6) is 11.5 Å². The first kappa shape index (κ1) is 21.1. The van der Waals surface area contributed by atoms with E-state index in [-0.39, 0.29) is 24.5 Å². The summed E-state index contributed by atoms with van der Waals surface area (Å²) in [5.74, 6) is 3.82. The lowest BCUT2D eigenvalue weighted by atomic mass is 10.0. The number of rotatable bonds is 4. The molecule has 156 valence electrons. The molecule has 1 aliphatic heterocycles. The summed E-state index contributed by atoms with van der Waals surface area (Å²) >= 11 is 0. The van der Waals surface area contributed by atoms with Gasteiger partial charge in [0.2, 0.25) is 0 Å². The Bertz CT molecular complexity index is 1020. The van der Waals surface area contributed by atoms with E-state index in [0.717, 1.165) is 45.8 Å². The van der Waals surface area contributed by atoms with E-state index in [0.29, 0.717) is 13.2 Å². The zero-order valence-corrected chi connectivity index (χ0v) is 18.2. The first-order chi connectivity index (χ1) is 13.4. The topological polar surface area (TPSA) is 93.0 Å². The van der Waals surface area contributed by atoms with Crippen molar-refractivity contribution < 1.29 is 9.47 Å². The van der Waals surface area contributed by atoms with Gasteiger partial charge in [0.25, 0.3) is 0 Å². The average Bonchev–Trinajstić information content (AvgIpc) is 3.20. The summed E-state index contributed by atoms with van der Waals surface area (Å²) in [5, 5.41) is 4.51. The molecular weight excluding hydrogens is 392 g/mol. The van der Waals surface area contributed by atoms with Crippen LogP contribution >= 0.6 is 12.4 Å². The molecule has 2 N–H and O–H groups in total. The van der Waals surface area contributed by atoms with Crippen LogP contribution in [0.4, 0.5) is 0 Å². The molecule has 1 aliphatic rings. The second-order valence-corrected chi connectivity index (χ2v) is 7.39. The van der Waals surface area contributed by atoms with Crippen molar-refractivity contribution in [3.63, 3.8) is 0 Å². The first-order valence-electron chi connectivity index (χ1n) is 9.50. The number of benzene rings is 1. The smallest absolute Gasteiger partial charge is 0.178 e. The van der Waals surface area contributed by atoms with Crippen LogP contribution < -0.4 is 15.2 Å². The third kappa shape index (κ3) is 3.70. The van der Waals surface area contributed by atoms with E-state index in [9.17, 15) is 0 Å². The fourth-order valence-corrected chi connectivity index (χ4v) is 3.53. The number of hydrogen-bond donors (Lipinski definition) is 1. The van der Waals surface area contributed by atoms with E-state index in [1.165, 1.54) is 0 Å². The molecule has 2 aromatic heterocycles. The van der Waals surface area contributed by atoms with Gasteiger partial charge in [0, 0.05) is 29.9 Å². The third-order valence-electron chi connectivity index (χ3n) is 4.89. The molecule has 8 nitrogen and oxygen atoms in total. The van der Waals surface area contributed by atoms with E-state index in [2.05, 4.69) is 28.5 Å². The normalized spacial score (nSPS) is 13.8. The second-order valence-electron chi connectivity index (χ2n) is 7.39. The Hall–Kier alpha value is -2.58. The van der Waals surface area contributed by atoms with Crippen molar-refractivity contribution in [2.24, 2.45) is 5.73 Å². The number of ether oxygens (including phenoxy) is 2. The lowest BCUT2D eigenvalue weighted by Crippen LogP contribution is -2.08. The van der Waals surface area contributed by atoms with Crippen LogP contribution in [-0.2, 0) is 6.54 Å². The number of hydrogen-bond acceptors (Lipinski definition) is 6. The quantitative estimate of drug-likeness (QED) is 0.696. The lowest BCUT2D eigenvalue weighted by molar-refractivity contribution is 0.304. The van der Waals surface area contributed by atoms with Crippen molar-refractivity contribution in [2.45, 2.75) is 46.3 Å². The van der Waals surface area contributed by atoms with E-state index < -0.39 is 0 Å². The molecule has 0 amide bonds. The zero-order chi connectivity index (χ0) is 20.0. The largest absolute Gasteiger partial charge is 0.496 e. The summed E-state index contributed by atoms with van der Waals surface area (Å²) in [6.07, 6.45) is 2.02. The summed E-state index contributed by atoms with van der Waals surface area (Å²) in [6.45, 7) is 9.25. The number of halogens is 1. The predicted octanol–water partition coefficient (Wildman–Crippen LogP) is 3.54. The summed E-state index contributed by atoms with van der Waals surface area (Å²) in [6, 6.07) is 3.95. The van der Waals surface area contributed by atoms with E-state index >= 15 is 0 Å². The molecule has 3 aromatic rings. The van der Waals surface area contributed by atoms with Crippen molar-refractivity contribution in [3.05, 3.63) is 29.7 Å². The SMILES string of the molecule is COc1cc2c(cc1[C@@H](C)N)-c1nc(-c3nc(C)nn3C(C)C)cn1CCO2.Cl. The molecule has 9 heteroatoms. The van der Waals surface area contributed by atoms with Gasteiger partial charge in [-0.15, -0.1) is 12.4 Å². The van der Waals surface area contributed by atoms with Gasteiger partial charge in [0.1, 0.15) is 35.4 Å². The molecule has 0 saturated carbocycles. The highest BCUT2D eigenvalue weighted by molar-refractivity contribution is 5.85. The van der Waals surface area contributed by atoms with Crippen LogP contribution in [0, 0.1) is 6.92 Å². The summed E-state index contributed by atoms with van der Waals surface area (Å²) in [5.41, 5.74) is 8.79. The third-order valence-corrected chi connectivity index (χ3v) is 4.89. The van der Waals surface area contributed by atoms with E-state index in [1.54, 1.807) is 7.11 Å². The van der Waals surface area contributed by atoms with Gasteiger partial charge >= 0.3 is 0 Å². The molecule has 1 aromatic carbocycles. The minimum Gasteiger partial charge on any atom is -0.496 e. The number of imidazole rings is 1. The maximum atomic E-state index is 6.16. The molecule has 29 heavy (non-hydrogen) atoms. The van der Waals surface area contributed by atoms with Gasteiger partial charge in [-0.3, -0.25) is 0 Å². The maximum absolute atomic E-state index is 6.16. The molecule has 3 heterocycles. The molecule has 0 unspecified atom stereocenters. The molecule has 0 radical (unpaired) electrons. The van der Waals surface area contributed by atoms with Crippen LogP contribution in [0.25, 0.3) is 22.9 Å². The Labute approximate surface area is 176 Å². The van der Waals surface area contributed by atoms with Crippen LogP contribution in [0.3, 0.4) is 0 Å². The number of nitrogens with zero attached hydrogens (tertiary/aromatic N) is 5. The van der Waals surface area contributed by atoms with Crippen molar-refractivity contribution >= 4 is 12.4 Å². The van der Waals surface area contributed by atoms with Crippen LogP contribution in [0.1, 0.15) is 44.2 Å².